The van der Waals surface area contributed by atoms with E-state index in [2.05, 4.69) is 15.7 Å². The zero-order valence-corrected chi connectivity index (χ0v) is 13.0. The monoisotopic (exact) mass is 344 g/mol. The topological polar surface area (TPSA) is 59.0 Å². The van der Waals surface area contributed by atoms with Gasteiger partial charge in [0.15, 0.2) is 0 Å². The second-order valence-corrected chi connectivity index (χ2v) is 5.21. The first-order valence-electron chi connectivity index (χ1n) is 7.03. The van der Waals surface area contributed by atoms with E-state index in [1.165, 1.54) is 0 Å². The van der Waals surface area contributed by atoms with Gasteiger partial charge in [0.1, 0.15) is 5.82 Å². The molecule has 0 aliphatic carbocycles. The van der Waals surface area contributed by atoms with Gasteiger partial charge in [-0.3, -0.25) is 4.68 Å². The molecule has 1 heterocycles. The molecule has 2 amide bonds. The SMILES string of the molecule is Cc1c(CNC(=O)NCc2ccc(F)cc2C(F)(F)F)cnn1C. The lowest BCUT2D eigenvalue weighted by Gasteiger charge is -2.14. The maximum absolute atomic E-state index is 13.0. The lowest BCUT2D eigenvalue weighted by molar-refractivity contribution is -0.138. The number of nitrogens with one attached hydrogen (secondary N) is 2. The number of urea groups is 1. The van der Waals surface area contributed by atoms with Crippen molar-refractivity contribution >= 4 is 6.03 Å². The van der Waals surface area contributed by atoms with E-state index in [-0.39, 0.29) is 18.7 Å². The Balaban J connectivity index is 1.96. The fourth-order valence-corrected chi connectivity index (χ4v) is 2.10. The Morgan fingerprint density at radius 2 is 1.83 bits per heavy atom. The number of nitrogens with zero attached hydrogens (tertiary/aromatic N) is 2. The van der Waals surface area contributed by atoms with Gasteiger partial charge in [-0.15, -0.1) is 0 Å². The van der Waals surface area contributed by atoms with Crippen LogP contribution in [0.4, 0.5) is 22.4 Å². The first-order chi connectivity index (χ1) is 11.2. The first-order valence-corrected chi connectivity index (χ1v) is 7.03. The lowest BCUT2D eigenvalue weighted by Crippen LogP contribution is -2.35. The van der Waals surface area contributed by atoms with Gasteiger partial charge in [-0.2, -0.15) is 18.3 Å². The van der Waals surface area contributed by atoms with Crippen LogP contribution in [0.2, 0.25) is 0 Å². The number of alkyl halides is 3. The molecule has 2 rings (SSSR count). The maximum atomic E-state index is 13.0. The highest BCUT2D eigenvalue weighted by Gasteiger charge is 2.33. The van der Waals surface area contributed by atoms with Crippen molar-refractivity contribution in [3.63, 3.8) is 0 Å². The van der Waals surface area contributed by atoms with E-state index >= 15 is 0 Å². The third-order valence-corrected chi connectivity index (χ3v) is 3.59. The summed E-state index contributed by atoms with van der Waals surface area (Å²) in [6.07, 6.45) is -3.10. The second kappa shape index (κ2) is 6.90. The molecule has 2 aromatic rings. The second-order valence-electron chi connectivity index (χ2n) is 5.21. The summed E-state index contributed by atoms with van der Waals surface area (Å²) in [6, 6.07) is 1.71. The van der Waals surface area contributed by atoms with Gasteiger partial charge < -0.3 is 10.6 Å². The number of halogens is 4. The standard InChI is InChI=1S/C15H16F4N4O/c1-9-11(8-22-23(9)2)7-21-14(24)20-6-10-3-4-12(16)5-13(10)15(17,18)19/h3-5,8H,6-7H2,1-2H3,(H2,20,21,24). The minimum Gasteiger partial charge on any atom is -0.334 e. The number of rotatable bonds is 4. The Morgan fingerprint density at radius 1 is 1.21 bits per heavy atom. The fourth-order valence-electron chi connectivity index (χ4n) is 2.10. The number of hydrogen-bond donors (Lipinski definition) is 2. The molecule has 0 aliphatic rings. The number of benzene rings is 1. The van der Waals surface area contributed by atoms with E-state index in [0.717, 1.165) is 23.4 Å². The fraction of sp³-hybridized carbons (Fsp3) is 0.333. The third-order valence-electron chi connectivity index (χ3n) is 3.59. The lowest BCUT2D eigenvalue weighted by atomic mass is 10.1. The van der Waals surface area contributed by atoms with Crippen LogP contribution in [0.3, 0.4) is 0 Å². The normalized spacial score (nSPS) is 11.4. The number of carbonyl (C=O) groups excluding carboxylic acids is 1. The molecule has 1 aromatic carbocycles. The highest BCUT2D eigenvalue weighted by atomic mass is 19.4. The predicted molar refractivity (Wildman–Crippen MR) is 78.4 cm³/mol. The summed E-state index contributed by atoms with van der Waals surface area (Å²) in [5, 5.41) is 8.88. The van der Waals surface area contributed by atoms with E-state index in [1.54, 1.807) is 17.9 Å². The Morgan fingerprint density at radius 3 is 2.38 bits per heavy atom. The van der Waals surface area contributed by atoms with Crippen molar-refractivity contribution in [2.45, 2.75) is 26.2 Å². The van der Waals surface area contributed by atoms with Crippen molar-refractivity contribution in [1.82, 2.24) is 20.4 Å². The van der Waals surface area contributed by atoms with Crippen molar-refractivity contribution in [3.05, 3.63) is 52.6 Å². The van der Waals surface area contributed by atoms with Crippen molar-refractivity contribution in [3.8, 4) is 0 Å². The molecular weight excluding hydrogens is 328 g/mol. The molecule has 24 heavy (non-hydrogen) atoms. The minimum absolute atomic E-state index is 0.195. The van der Waals surface area contributed by atoms with E-state index in [1.807, 2.05) is 6.92 Å². The van der Waals surface area contributed by atoms with Crippen LogP contribution in [0.15, 0.2) is 24.4 Å². The predicted octanol–water partition coefficient (Wildman–Crippen LogP) is 2.89. The average Bonchev–Trinajstić information content (AvgIpc) is 2.82. The molecule has 9 heteroatoms. The summed E-state index contributed by atoms with van der Waals surface area (Å²) < 4.78 is 53.3. The van der Waals surface area contributed by atoms with Gasteiger partial charge in [0, 0.05) is 31.4 Å². The Labute approximate surface area is 135 Å². The molecule has 0 fully saturated rings. The molecule has 1 aromatic heterocycles. The summed E-state index contributed by atoms with van der Waals surface area (Å²) in [6.45, 7) is 1.66. The van der Waals surface area contributed by atoms with Crippen LogP contribution < -0.4 is 10.6 Å². The minimum atomic E-state index is -4.69. The van der Waals surface area contributed by atoms with E-state index in [9.17, 15) is 22.4 Å². The Kier molecular flexibility index (Phi) is 5.10. The van der Waals surface area contributed by atoms with Crippen molar-refractivity contribution < 1.29 is 22.4 Å². The molecule has 0 aliphatic heterocycles. The van der Waals surface area contributed by atoms with Crippen LogP contribution in [0.1, 0.15) is 22.4 Å². The van der Waals surface area contributed by atoms with Gasteiger partial charge in [-0.1, -0.05) is 6.07 Å². The van der Waals surface area contributed by atoms with Crippen molar-refractivity contribution in [1.29, 1.82) is 0 Å². The summed E-state index contributed by atoms with van der Waals surface area (Å²) in [5.74, 6) is -0.984. The number of carbonyl (C=O) groups is 1. The number of aryl methyl sites for hydroxylation is 1. The molecule has 0 unspecified atom stereocenters. The zero-order chi connectivity index (χ0) is 17.9. The van der Waals surface area contributed by atoms with E-state index < -0.39 is 23.6 Å². The number of hydrogen-bond acceptors (Lipinski definition) is 2. The van der Waals surface area contributed by atoms with Gasteiger partial charge in [0.05, 0.1) is 11.8 Å². The van der Waals surface area contributed by atoms with Crippen LogP contribution in [0, 0.1) is 12.7 Å². The molecule has 130 valence electrons. The third kappa shape index (κ3) is 4.24. The number of amides is 2. The first kappa shape index (κ1) is 17.8. The van der Waals surface area contributed by atoms with Gasteiger partial charge in [-0.05, 0) is 24.6 Å². The Hall–Kier alpha value is -2.58. The molecule has 0 radical (unpaired) electrons. The molecular formula is C15H16F4N4O. The molecule has 0 spiro atoms. The van der Waals surface area contributed by atoms with Crippen LogP contribution in [-0.4, -0.2) is 15.8 Å². The van der Waals surface area contributed by atoms with Crippen LogP contribution in [0.5, 0.6) is 0 Å². The van der Waals surface area contributed by atoms with Crippen molar-refractivity contribution in [2.75, 3.05) is 0 Å². The van der Waals surface area contributed by atoms with Crippen LogP contribution >= 0.6 is 0 Å². The molecule has 0 saturated carbocycles. The molecule has 2 N–H and O–H groups in total. The molecule has 0 bridgehead atoms. The summed E-state index contributed by atoms with van der Waals surface area (Å²) in [7, 11) is 1.76. The summed E-state index contributed by atoms with van der Waals surface area (Å²) >= 11 is 0. The quantitative estimate of drug-likeness (QED) is 0.838. The van der Waals surface area contributed by atoms with Gasteiger partial charge in [-0.25, -0.2) is 9.18 Å². The molecule has 5 nitrogen and oxygen atoms in total. The highest BCUT2D eigenvalue weighted by Crippen LogP contribution is 2.32. The summed E-state index contributed by atoms with van der Waals surface area (Å²) in [5.41, 5.74) is 0.348. The zero-order valence-electron chi connectivity index (χ0n) is 13.0. The largest absolute Gasteiger partial charge is 0.416 e. The number of aromatic nitrogens is 2. The van der Waals surface area contributed by atoms with Crippen molar-refractivity contribution in [2.24, 2.45) is 7.05 Å². The van der Waals surface area contributed by atoms with Gasteiger partial charge >= 0.3 is 12.2 Å². The van der Waals surface area contributed by atoms with Crippen LogP contribution in [0.25, 0.3) is 0 Å². The molecule has 0 atom stereocenters. The van der Waals surface area contributed by atoms with E-state index in [0.29, 0.717) is 6.07 Å². The summed E-state index contributed by atoms with van der Waals surface area (Å²) in [4.78, 5) is 11.7. The van der Waals surface area contributed by atoms with Gasteiger partial charge in [0.2, 0.25) is 0 Å². The van der Waals surface area contributed by atoms with Crippen LogP contribution in [-0.2, 0) is 26.3 Å². The maximum Gasteiger partial charge on any atom is 0.416 e. The Bertz CT molecular complexity index is 740. The van der Waals surface area contributed by atoms with Gasteiger partial charge in [0.25, 0.3) is 0 Å². The average molecular weight is 344 g/mol. The molecule has 0 saturated heterocycles. The van der Waals surface area contributed by atoms with E-state index in [4.69, 9.17) is 0 Å². The smallest absolute Gasteiger partial charge is 0.334 e. The highest BCUT2D eigenvalue weighted by molar-refractivity contribution is 5.73.